The molecule has 1 aliphatic carbocycles. The van der Waals surface area contributed by atoms with E-state index in [2.05, 4.69) is 5.32 Å². The predicted octanol–water partition coefficient (Wildman–Crippen LogP) is -0.0165. The summed E-state index contributed by atoms with van der Waals surface area (Å²) in [5, 5.41) is 2.83. The molecule has 1 saturated carbocycles. The average molecular weight is 281 g/mol. The maximum Gasteiger partial charge on any atom is 0.238 e. The summed E-state index contributed by atoms with van der Waals surface area (Å²) in [6.45, 7) is 6.33. The van der Waals surface area contributed by atoms with Gasteiger partial charge in [0.25, 0.3) is 0 Å². The second kappa shape index (κ2) is 5.81. The first-order valence-corrected chi connectivity index (χ1v) is 7.34. The standard InChI is InChI=1S/C14H23N3O3/c1-3-6-15-12(19)14(4-5-14)13(20)17-9-7-16(8-10-17)11(2)18/h3-10H2,1-2H3,(H,15,19). The summed E-state index contributed by atoms with van der Waals surface area (Å²) in [4.78, 5) is 39.4. The van der Waals surface area contributed by atoms with Gasteiger partial charge in [0.2, 0.25) is 17.7 Å². The minimum absolute atomic E-state index is 0.0407. The van der Waals surface area contributed by atoms with Gasteiger partial charge in [-0.15, -0.1) is 0 Å². The molecule has 2 aliphatic rings. The predicted molar refractivity (Wildman–Crippen MR) is 73.8 cm³/mol. The molecule has 1 N–H and O–H groups in total. The van der Waals surface area contributed by atoms with Gasteiger partial charge in [-0.25, -0.2) is 0 Å². The SMILES string of the molecule is CCCNC(=O)C1(C(=O)N2CCN(C(C)=O)CC2)CC1. The third-order valence-corrected chi connectivity index (χ3v) is 4.14. The lowest BCUT2D eigenvalue weighted by Gasteiger charge is -2.35. The molecule has 1 saturated heterocycles. The lowest BCUT2D eigenvalue weighted by atomic mass is 10.0. The van der Waals surface area contributed by atoms with Gasteiger partial charge in [-0.3, -0.25) is 14.4 Å². The van der Waals surface area contributed by atoms with E-state index in [0.717, 1.165) is 6.42 Å². The van der Waals surface area contributed by atoms with E-state index in [-0.39, 0.29) is 17.7 Å². The molecule has 0 spiro atoms. The summed E-state index contributed by atoms with van der Waals surface area (Å²) in [5.74, 6) is -0.147. The Balaban J connectivity index is 1.92. The van der Waals surface area contributed by atoms with Gasteiger partial charge in [-0.2, -0.15) is 0 Å². The van der Waals surface area contributed by atoms with Crippen molar-refractivity contribution >= 4 is 17.7 Å². The quantitative estimate of drug-likeness (QED) is 0.737. The number of hydrogen-bond acceptors (Lipinski definition) is 3. The molecule has 0 bridgehead atoms. The van der Waals surface area contributed by atoms with E-state index >= 15 is 0 Å². The van der Waals surface area contributed by atoms with Crippen LogP contribution in [-0.4, -0.2) is 60.2 Å². The Morgan fingerprint density at radius 3 is 2.05 bits per heavy atom. The molecule has 0 radical (unpaired) electrons. The number of amides is 3. The molecule has 1 aliphatic heterocycles. The van der Waals surface area contributed by atoms with E-state index in [4.69, 9.17) is 0 Å². The molecule has 0 unspecified atom stereocenters. The van der Waals surface area contributed by atoms with Gasteiger partial charge in [-0.1, -0.05) is 6.92 Å². The molecular formula is C14H23N3O3. The van der Waals surface area contributed by atoms with E-state index in [1.807, 2.05) is 6.92 Å². The number of carbonyl (C=O) groups excluding carboxylic acids is 3. The van der Waals surface area contributed by atoms with Crippen molar-refractivity contribution in [2.24, 2.45) is 5.41 Å². The van der Waals surface area contributed by atoms with Crippen molar-refractivity contribution in [1.82, 2.24) is 15.1 Å². The monoisotopic (exact) mass is 281 g/mol. The fourth-order valence-electron chi connectivity index (χ4n) is 2.60. The average Bonchev–Trinajstić information content (AvgIpc) is 3.25. The van der Waals surface area contributed by atoms with Crippen molar-refractivity contribution in [3.63, 3.8) is 0 Å². The molecule has 0 atom stereocenters. The molecular weight excluding hydrogens is 258 g/mol. The van der Waals surface area contributed by atoms with Gasteiger partial charge in [0.05, 0.1) is 0 Å². The molecule has 3 amide bonds. The first-order chi connectivity index (χ1) is 9.51. The highest BCUT2D eigenvalue weighted by molar-refractivity contribution is 6.07. The van der Waals surface area contributed by atoms with Crippen LogP contribution in [0.2, 0.25) is 0 Å². The smallest absolute Gasteiger partial charge is 0.238 e. The molecule has 0 aromatic rings. The van der Waals surface area contributed by atoms with E-state index in [1.54, 1.807) is 9.80 Å². The largest absolute Gasteiger partial charge is 0.355 e. The maximum absolute atomic E-state index is 12.5. The maximum atomic E-state index is 12.5. The molecule has 2 fully saturated rings. The molecule has 112 valence electrons. The summed E-state index contributed by atoms with van der Waals surface area (Å²) in [5.41, 5.74) is -0.812. The van der Waals surface area contributed by atoms with Crippen molar-refractivity contribution in [2.75, 3.05) is 32.7 Å². The van der Waals surface area contributed by atoms with Crippen molar-refractivity contribution in [3.05, 3.63) is 0 Å². The highest BCUT2D eigenvalue weighted by Gasteiger charge is 2.57. The van der Waals surface area contributed by atoms with Crippen LogP contribution in [0.1, 0.15) is 33.1 Å². The molecule has 6 nitrogen and oxygen atoms in total. The minimum Gasteiger partial charge on any atom is -0.355 e. The summed E-state index contributed by atoms with van der Waals surface area (Å²) in [7, 11) is 0. The fraction of sp³-hybridized carbons (Fsp3) is 0.786. The second-order valence-electron chi connectivity index (χ2n) is 5.64. The Bertz CT molecular complexity index is 410. The summed E-state index contributed by atoms with van der Waals surface area (Å²) >= 11 is 0. The number of carbonyl (C=O) groups is 3. The normalized spacial score (nSPS) is 20.5. The van der Waals surface area contributed by atoms with Crippen LogP contribution in [0.4, 0.5) is 0 Å². The van der Waals surface area contributed by atoms with Crippen LogP contribution >= 0.6 is 0 Å². The minimum atomic E-state index is -0.812. The Morgan fingerprint density at radius 1 is 1.05 bits per heavy atom. The zero-order valence-electron chi connectivity index (χ0n) is 12.3. The van der Waals surface area contributed by atoms with Crippen LogP contribution in [0.25, 0.3) is 0 Å². The van der Waals surface area contributed by atoms with Gasteiger partial charge >= 0.3 is 0 Å². The van der Waals surface area contributed by atoms with Crippen LogP contribution in [-0.2, 0) is 14.4 Å². The van der Waals surface area contributed by atoms with Crippen LogP contribution in [0.5, 0.6) is 0 Å². The van der Waals surface area contributed by atoms with E-state index in [9.17, 15) is 14.4 Å². The summed E-state index contributed by atoms with van der Waals surface area (Å²) in [6.07, 6.45) is 2.16. The topological polar surface area (TPSA) is 69.7 Å². The number of nitrogens with one attached hydrogen (secondary N) is 1. The van der Waals surface area contributed by atoms with Crippen LogP contribution in [0, 0.1) is 5.41 Å². The Kier molecular flexibility index (Phi) is 4.30. The van der Waals surface area contributed by atoms with Gasteiger partial charge in [0.1, 0.15) is 5.41 Å². The zero-order chi connectivity index (χ0) is 14.8. The Labute approximate surface area is 119 Å². The first kappa shape index (κ1) is 14.8. The number of piperazine rings is 1. The van der Waals surface area contributed by atoms with E-state index < -0.39 is 5.41 Å². The van der Waals surface area contributed by atoms with E-state index in [1.165, 1.54) is 6.92 Å². The van der Waals surface area contributed by atoms with Gasteiger partial charge in [0, 0.05) is 39.6 Å². The lowest BCUT2D eigenvalue weighted by Crippen LogP contribution is -2.54. The Morgan fingerprint density at radius 2 is 1.60 bits per heavy atom. The molecule has 20 heavy (non-hydrogen) atoms. The van der Waals surface area contributed by atoms with Crippen LogP contribution in [0.15, 0.2) is 0 Å². The van der Waals surface area contributed by atoms with Gasteiger partial charge < -0.3 is 15.1 Å². The highest BCUT2D eigenvalue weighted by atomic mass is 16.2. The molecule has 2 rings (SSSR count). The molecule has 1 heterocycles. The summed E-state index contributed by atoms with van der Waals surface area (Å²) < 4.78 is 0. The first-order valence-electron chi connectivity index (χ1n) is 7.34. The van der Waals surface area contributed by atoms with Gasteiger partial charge in [-0.05, 0) is 19.3 Å². The van der Waals surface area contributed by atoms with Crippen molar-refractivity contribution < 1.29 is 14.4 Å². The van der Waals surface area contributed by atoms with E-state index in [0.29, 0.717) is 45.6 Å². The lowest BCUT2D eigenvalue weighted by molar-refractivity contribution is -0.147. The van der Waals surface area contributed by atoms with Crippen LogP contribution in [0.3, 0.4) is 0 Å². The highest BCUT2D eigenvalue weighted by Crippen LogP contribution is 2.47. The second-order valence-corrected chi connectivity index (χ2v) is 5.64. The molecule has 0 aromatic heterocycles. The number of hydrogen-bond donors (Lipinski definition) is 1. The van der Waals surface area contributed by atoms with Crippen molar-refractivity contribution in [1.29, 1.82) is 0 Å². The van der Waals surface area contributed by atoms with Crippen molar-refractivity contribution in [3.8, 4) is 0 Å². The van der Waals surface area contributed by atoms with Crippen LogP contribution < -0.4 is 5.32 Å². The third kappa shape index (κ3) is 2.78. The molecule has 0 aromatic carbocycles. The number of rotatable bonds is 4. The fourth-order valence-corrected chi connectivity index (χ4v) is 2.60. The Hall–Kier alpha value is -1.59. The van der Waals surface area contributed by atoms with Crippen molar-refractivity contribution in [2.45, 2.75) is 33.1 Å². The third-order valence-electron chi connectivity index (χ3n) is 4.14. The summed E-state index contributed by atoms with van der Waals surface area (Å²) in [6, 6.07) is 0. The zero-order valence-corrected chi connectivity index (χ0v) is 12.3. The molecule has 6 heteroatoms. The van der Waals surface area contributed by atoms with Gasteiger partial charge in [0.15, 0.2) is 0 Å². The number of nitrogens with zero attached hydrogens (tertiary/aromatic N) is 2.